The number of fused-ring (bicyclic) bond motifs is 1. The van der Waals surface area contributed by atoms with Crippen LogP contribution in [0.15, 0.2) is 24.3 Å². The lowest BCUT2D eigenvalue weighted by Gasteiger charge is -2.43. The van der Waals surface area contributed by atoms with Crippen LogP contribution in [0.4, 0.5) is 0 Å². The summed E-state index contributed by atoms with van der Waals surface area (Å²) in [5, 5.41) is 11.1. The highest BCUT2D eigenvalue weighted by atomic mass is 32.2. The molecule has 1 aromatic rings. The summed E-state index contributed by atoms with van der Waals surface area (Å²) in [4.78, 5) is 0. The smallest absolute Gasteiger partial charge is 0.0749 e. The summed E-state index contributed by atoms with van der Waals surface area (Å²) in [5.74, 6) is 2.64. The molecule has 1 aromatic carbocycles. The molecule has 0 bridgehead atoms. The zero-order valence-electron chi connectivity index (χ0n) is 12.7. The number of rotatable bonds is 2. The highest BCUT2D eigenvalue weighted by Gasteiger charge is 2.41. The third-order valence-electron chi connectivity index (χ3n) is 4.79. The predicted octanol–water partition coefficient (Wildman–Crippen LogP) is 4.39. The zero-order valence-corrected chi connectivity index (χ0v) is 13.5. The van der Waals surface area contributed by atoms with Crippen molar-refractivity contribution in [2.24, 2.45) is 5.41 Å². The average Bonchev–Trinajstić information content (AvgIpc) is 2.37. The Morgan fingerprint density at radius 1 is 1.25 bits per heavy atom. The van der Waals surface area contributed by atoms with Crippen molar-refractivity contribution in [3.63, 3.8) is 0 Å². The predicted molar refractivity (Wildman–Crippen MR) is 87.4 cm³/mol. The summed E-state index contributed by atoms with van der Waals surface area (Å²) < 4.78 is 0. The molecule has 1 aliphatic heterocycles. The maximum absolute atomic E-state index is 11.1. The fourth-order valence-electron chi connectivity index (χ4n) is 4.17. The maximum Gasteiger partial charge on any atom is 0.0749 e. The second-order valence-electron chi connectivity index (χ2n) is 7.55. The van der Waals surface area contributed by atoms with Crippen molar-refractivity contribution in [2.75, 3.05) is 11.5 Å². The van der Waals surface area contributed by atoms with Gasteiger partial charge in [-0.1, -0.05) is 38.1 Å². The van der Waals surface area contributed by atoms with E-state index in [0.29, 0.717) is 5.92 Å². The number of aliphatic hydroxyl groups is 1. The SMILES string of the molecule is CC1(C)CSCC(O)(CC2CCCc3ccccc32)C1. The van der Waals surface area contributed by atoms with Gasteiger partial charge in [-0.3, -0.25) is 0 Å². The molecule has 0 saturated carbocycles. The Labute approximate surface area is 127 Å². The molecular formula is C18H26OS. The molecular weight excluding hydrogens is 264 g/mol. The Kier molecular flexibility index (Phi) is 3.89. The van der Waals surface area contributed by atoms with E-state index in [9.17, 15) is 5.11 Å². The third kappa shape index (κ3) is 3.07. The molecule has 1 heterocycles. The fraction of sp³-hybridized carbons (Fsp3) is 0.667. The van der Waals surface area contributed by atoms with Crippen LogP contribution in [-0.4, -0.2) is 22.2 Å². The molecule has 0 aromatic heterocycles. The van der Waals surface area contributed by atoms with Crippen LogP contribution in [0.2, 0.25) is 0 Å². The summed E-state index contributed by atoms with van der Waals surface area (Å²) in [6.45, 7) is 4.58. The van der Waals surface area contributed by atoms with Gasteiger partial charge in [-0.05, 0) is 60.3 Å². The molecule has 2 unspecified atom stereocenters. The second-order valence-corrected chi connectivity index (χ2v) is 8.54. The van der Waals surface area contributed by atoms with Gasteiger partial charge < -0.3 is 5.11 Å². The van der Waals surface area contributed by atoms with E-state index < -0.39 is 5.60 Å². The number of benzene rings is 1. The number of thioether (sulfide) groups is 1. The molecule has 20 heavy (non-hydrogen) atoms. The van der Waals surface area contributed by atoms with E-state index >= 15 is 0 Å². The van der Waals surface area contributed by atoms with Gasteiger partial charge >= 0.3 is 0 Å². The lowest BCUT2D eigenvalue weighted by atomic mass is 9.73. The fourth-order valence-corrected chi connectivity index (χ4v) is 5.52. The Morgan fingerprint density at radius 3 is 2.85 bits per heavy atom. The topological polar surface area (TPSA) is 20.2 Å². The van der Waals surface area contributed by atoms with E-state index in [1.165, 1.54) is 36.1 Å². The number of hydrogen-bond acceptors (Lipinski definition) is 2. The molecule has 2 atom stereocenters. The van der Waals surface area contributed by atoms with Crippen LogP contribution in [-0.2, 0) is 6.42 Å². The third-order valence-corrected chi connectivity index (χ3v) is 6.52. The van der Waals surface area contributed by atoms with Gasteiger partial charge in [0, 0.05) is 5.75 Å². The summed E-state index contributed by atoms with van der Waals surface area (Å²) in [5.41, 5.74) is 2.81. The molecule has 1 nitrogen and oxygen atoms in total. The monoisotopic (exact) mass is 290 g/mol. The number of hydrogen-bond donors (Lipinski definition) is 1. The van der Waals surface area contributed by atoms with Gasteiger partial charge in [-0.15, -0.1) is 0 Å². The molecule has 3 rings (SSSR count). The summed E-state index contributed by atoms with van der Waals surface area (Å²) >= 11 is 1.93. The quantitative estimate of drug-likeness (QED) is 0.871. The second kappa shape index (κ2) is 5.38. The van der Waals surface area contributed by atoms with Crippen LogP contribution in [0.3, 0.4) is 0 Å². The summed E-state index contributed by atoms with van der Waals surface area (Å²) in [7, 11) is 0. The Hall–Kier alpha value is -0.470. The minimum atomic E-state index is -0.471. The summed E-state index contributed by atoms with van der Waals surface area (Å²) in [6, 6.07) is 8.85. The van der Waals surface area contributed by atoms with Crippen molar-refractivity contribution >= 4 is 11.8 Å². The van der Waals surface area contributed by atoms with Gasteiger partial charge in [0.25, 0.3) is 0 Å². The molecule has 2 heteroatoms. The van der Waals surface area contributed by atoms with Gasteiger partial charge in [0.05, 0.1) is 5.60 Å². The van der Waals surface area contributed by atoms with Crippen molar-refractivity contribution in [1.82, 2.24) is 0 Å². The first kappa shape index (κ1) is 14.5. The van der Waals surface area contributed by atoms with E-state index in [-0.39, 0.29) is 5.41 Å². The lowest BCUT2D eigenvalue weighted by molar-refractivity contribution is 0.00447. The van der Waals surface area contributed by atoms with E-state index in [1.54, 1.807) is 0 Å². The maximum atomic E-state index is 11.1. The largest absolute Gasteiger partial charge is 0.389 e. The standard InChI is InChI=1S/C18H26OS/c1-17(2)11-18(19,13-20-12-17)10-15-8-5-7-14-6-3-4-9-16(14)15/h3-4,6,9,15,19H,5,7-8,10-13H2,1-2H3. The Bertz CT molecular complexity index is 482. The van der Waals surface area contributed by atoms with E-state index in [2.05, 4.69) is 38.1 Å². The van der Waals surface area contributed by atoms with Crippen LogP contribution in [0.25, 0.3) is 0 Å². The minimum Gasteiger partial charge on any atom is -0.389 e. The molecule has 1 N–H and O–H groups in total. The van der Waals surface area contributed by atoms with Gasteiger partial charge in [0.1, 0.15) is 0 Å². The van der Waals surface area contributed by atoms with Crippen molar-refractivity contribution in [1.29, 1.82) is 0 Å². The van der Waals surface area contributed by atoms with Crippen LogP contribution < -0.4 is 0 Å². The van der Waals surface area contributed by atoms with E-state index in [1.807, 2.05) is 11.8 Å². The normalized spacial score (nSPS) is 32.6. The first-order valence-electron chi connectivity index (χ1n) is 7.85. The molecule has 110 valence electrons. The highest BCUT2D eigenvalue weighted by molar-refractivity contribution is 7.99. The molecule has 0 spiro atoms. The van der Waals surface area contributed by atoms with E-state index in [0.717, 1.165) is 18.6 Å². The average molecular weight is 290 g/mol. The van der Waals surface area contributed by atoms with Crippen molar-refractivity contribution in [2.45, 2.75) is 57.5 Å². The molecule has 1 fully saturated rings. The van der Waals surface area contributed by atoms with Gasteiger partial charge in [-0.2, -0.15) is 11.8 Å². The van der Waals surface area contributed by atoms with Gasteiger partial charge in [0.2, 0.25) is 0 Å². The molecule has 0 radical (unpaired) electrons. The van der Waals surface area contributed by atoms with Crippen LogP contribution >= 0.6 is 11.8 Å². The minimum absolute atomic E-state index is 0.270. The van der Waals surface area contributed by atoms with Crippen molar-refractivity contribution < 1.29 is 5.11 Å². The zero-order chi connectivity index (χ0) is 14.2. The van der Waals surface area contributed by atoms with Crippen LogP contribution in [0, 0.1) is 5.41 Å². The van der Waals surface area contributed by atoms with Crippen LogP contribution in [0.1, 0.15) is 56.6 Å². The Morgan fingerprint density at radius 2 is 2.05 bits per heavy atom. The Balaban J connectivity index is 1.78. The summed E-state index contributed by atoms with van der Waals surface area (Å²) in [6.07, 6.45) is 5.62. The van der Waals surface area contributed by atoms with Crippen molar-refractivity contribution in [3.8, 4) is 0 Å². The van der Waals surface area contributed by atoms with Gasteiger partial charge in [-0.25, -0.2) is 0 Å². The number of aryl methyl sites for hydroxylation is 1. The molecule has 1 aliphatic carbocycles. The molecule has 1 saturated heterocycles. The van der Waals surface area contributed by atoms with E-state index in [4.69, 9.17) is 0 Å². The first-order chi connectivity index (χ1) is 9.48. The highest BCUT2D eigenvalue weighted by Crippen LogP contribution is 2.45. The molecule has 0 amide bonds. The first-order valence-corrected chi connectivity index (χ1v) is 9.01. The van der Waals surface area contributed by atoms with Crippen LogP contribution in [0.5, 0.6) is 0 Å². The van der Waals surface area contributed by atoms with Gasteiger partial charge in [0.15, 0.2) is 0 Å². The molecule has 2 aliphatic rings. The van der Waals surface area contributed by atoms with Crippen molar-refractivity contribution in [3.05, 3.63) is 35.4 Å². The lowest BCUT2D eigenvalue weighted by Crippen LogP contribution is -2.43.